The molecule has 128 valence electrons. The average molecular weight is 327 g/mol. The fourth-order valence-corrected chi connectivity index (χ4v) is 3.19. The van der Waals surface area contributed by atoms with Crippen LogP contribution in [0.3, 0.4) is 0 Å². The zero-order valence-electron chi connectivity index (χ0n) is 14.4. The van der Waals surface area contributed by atoms with Crippen molar-refractivity contribution in [3.8, 4) is 5.82 Å². The minimum atomic E-state index is 0.0864. The molecule has 2 aromatic rings. The first kappa shape index (κ1) is 16.6. The molecule has 1 aliphatic carbocycles. The van der Waals surface area contributed by atoms with Crippen LogP contribution in [-0.2, 0) is 0 Å². The highest BCUT2D eigenvalue weighted by molar-refractivity contribution is 5.94. The van der Waals surface area contributed by atoms with Crippen LogP contribution in [0.5, 0.6) is 0 Å². The van der Waals surface area contributed by atoms with Gasteiger partial charge in [0.1, 0.15) is 0 Å². The van der Waals surface area contributed by atoms with Crippen LogP contribution < -0.4 is 0 Å². The quantitative estimate of drug-likeness (QED) is 0.816. The lowest BCUT2D eigenvalue weighted by molar-refractivity contribution is 0.0667. The van der Waals surface area contributed by atoms with E-state index < -0.39 is 0 Å². The molecule has 1 aliphatic rings. The van der Waals surface area contributed by atoms with Crippen LogP contribution in [-0.4, -0.2) is 63.7 Å². The lowest BCUT2D eigenvalue weighted by atomic mass is 10.1. The van der Waals surface area contributed by atoms with E-state index in [0.29, 0.717) is 11.6 Å². The summed E-state index contributed by atoms with van der Waals surface area (Å²) in [4.78, 5) is 21.5. The molecule has 24 heavy (non-hydrogen) atoms. The summed E-state index contributed by atoms with van der Waals surface area (Å²) in [7, 11) is 4.08. The van der Waals surface area contributed by atoms with Gasteiger partial charge in [-0.15, -0.1) is 0 Å². The number of amides is 1. The second-order valence-electron chi connectivity index (χ2n) is 6.60. The third-order valence-electron chi connectivity index (χ3n) is 4.55. The summed E-state index contributed by atoms with van der Waals surface area (Å²) in [6.07, 6.45) is 9.86. The summed E-state index contributed by atoms with van der Waals surface area (Å²) in [5.74, 6) is 0.806. The maximum atomic E-state index is 13.0. The van der Waals surface area contributed by atoms with E-state index in [-0.39, 0.29) is 5.91 Å². The summed E-state index contributed by atoms with van der Waals surface area (Å²) in [6, 6.07) is 5.91. The summed E-state index contributed by atoms with van der Waals surface area (Å²) in [5.41, 5.74) is 0.650. The zero-order valence-corrected chi connectivity index (χ0v) is 14.4. The smallest absolute Gasteiger partial charge is 0.255 e. The molecule has 2 aromatic heterocycles. The molecule has 0 N–H and O–H groups in total. The molecule has 3 rings (SSSR count). The molecular formula is C18H25N5O. The molecule has 0 aromatic carbocycles. The SMILES string of the molecule is CN(C)CCN(C(=O)c1ccc(-n2cccn2)nc1)C1CCCC1. The third kappa shape index (κ3) is 3.82. The number of nitrogens with zero attached hydrogens (tertiary/aromatic N) is 5. The van der Waals surface area contributed by atoms with E-state index in [1.54, 1.807) is 17.1 Å². The molecule has 6 heteroatoms. The summed E-state index contributed by atoms with van der Waals surface area (Å²) in [5, 5.41) is 4.16. The number of carbonyl (C=O) groups excluding carboxylic acids is 1. The fourth-order valence-electron chi connectivity index (χ4n) is 3.19. The van der Waals surface area contributed by atoms with Crippen LogP contribution in [0.15, 0.2) is 36.8 Å². The third-order valence-corrected chi connectivity index (χ3v) is 4.55. The lowest BCUT2D eigenvalue weighted by Gasteiger charge is -2.30. The second kappa shape index (κ2) is 7.57. The van der Waals surface area contributed by atoms with E-state index in [0.717, 1.165) is 31.7 Å². The number of likely N-dealkylation sites (N-methyl/N-ethyl adjacent to an activating group) is 1. The van der Waals surface area contributed by atoms with Crippen molar-refractivity contribution in [1.82, 2.24) is 24.6 Å². The van der Waals surface area contributed by atoms with Gasteiger partial charge in [0.2, 0.25) is 0 Å². The van der Waals surface area contributed by atoms with Gasteiger partial charge in [0, 0.05) is 37.7 Å². The van der Waals surface area contributed by atoms with Crippen molar-refractivity contribution >= 4 is 5.91 Å². The van der Waals surface area contributed by atoms with Crippen molar-refractivity contribution in [1.29, 1.82) is 0 Å². The normalized spacial score (nSPS) is 15.1. The van der Waals surface area contributed by atoms with Crippen LogP contribution in [0.25, 0.3) is 5.82 Å². The van der Waals surface area contributed by atoms with E-state index in [4.69, 9.17) is 0 Å². The highest BCUT2D eigenvalue weighted by Gasteiger charge is 2.27. The van der Waals surface area contributed by atoms with Gasteiger partial charge in [-0.25, -0.2) is 9.67 Å². The van der Waals surface area contributed by atoms with E-state index in [1.165, 1.54) is 12.8 Å². The van der Waals surface area contributed by atoms with E-state index in [1.807, 2.05) is 43.4 Å². The Labute approximate surface area is 143 Å². The van der Waals surface area contributed by atoms with Crippen molar-refractivity contribution in [3.63, 3.8) is 0 Å². The molecule has 0 bridgehead atoms. The van der Waals surface area contributed by atoms with Gasteiger partial charge < -0.3 is 9.80 Å². The Balaban J connectivity index is 1.75. The van der Waals surface area contributed by atoms with Crippen molar-refractivity contribution < 1.29 is 4.79 Å². The van der Waals surface area contributed by atoms with Crippen LogP contribution in [0.2, 0.25) is 0 Å². The summed E-state index contributed by atoms with van der Waals surface area (Å²) >= 11 is 0. The molecule has 0 atom stereocenters. The predicted octanol–water partition coefficient (Wildman–Crippen LogP) is 2.21. The molecule has 0 aliphatic heterocycles. The predicted molar refractivity (Wildman–Crippen MR) is 93.2 cm³/mol. The van der Waals surface area contributed by atoms with E-state index in [9.17, 15) is 4.79 Å². The Kier molecular flexibility index (Phi) is 5.25. The van der Waals surface area contributed by atoms with E-state index in [2.05, 4.69) is 15.0 Å². The summed E-state index contributed by atoms with van der Waals surface area (Å²) < 4.78 is 1.69. The Morgan fingerprint density at radius 2 is 2.04 bits per heavy atom. The van der Waals surface area contributed by atoms with Gasteiger partial charge in [-0.2, -0.15) is 5.10 Å². The first-order valence-corrected chi connectivity index (χ1v) is 8.57. The molecule has 1 fully saturated rings. The van der Waals surface area contributed by atoms with Gasteiger partial charge in [0.05, 0.1) is 5.56 Å². The highest BCUT2D eigenvalue weighted by Crippen LogP contribution is 2.25. The fraction of sp³-hybridized carbons (Fsp3) is 0.500. The first-order chi connectivity index (χ1) is 11.6. The standard InChI is InChI=1S/C18H25N5O/c1-21(2)12-13-22(16-6-3-4-7-16)18(24)15-8-9-17(19-14-15)23-11-5-10-20-23/h5,8-11,14,16H,3-4,6-7,12-13H2,1-2H3. The minimum absolute atomic E-state index is 0.0864. The lowest BCUT2D eigenvalue weighted by Crippen LogP contribution is -2.42. The number of rotatable bonds is 6. The Morgan fingerprint density at radius 3 is 2.62 bits per heavy atom. The molecule has 0 saturated heterocycles. The minimum Gasteiger partial charge on any atom is -0.334 e. The van der Waals surface area contributed by atoms with Gasteiger partial charge in [-0.1, -0.05) is 12.8 Å². The molecule has 1 saturated carbocycles. The van der Waals surface area contributed by atoms with Crippen LogP contribution in [0.1, 0.15) is 36.0 Å². The van der Waals surface area contributed by atoms with Crippen LogP contribution in [0, 0.1) is 0 Å². The monoisotopic (exact) mass is 327 g/mol. The van der Waals surface area contributed by atoms with Gasteiger partial charge >= 0.3 is 0 Å². The van der Waals surface area contributed by atoms with Crippen LogP contribution in [0.4, 0.5) is 0 Å². The van der Waals surface area contributed by atoms with Crippen molar-refractivity contribution in [2.45, 2.75) is 31.7 Å². The number of hydrogen-bond donors (Lipinski definition) is 0. The maximum absolute atomic E-state index is 13.0. The molecule has 2 heterocycles. The molecule has 0 radical (unpaired) electrons. The molecule has 0 spiro atoms. The number of hydrogen-bond acceptors (Lipinski definition) is 4. The van der Waals surface area contributed by atoms with Gasteiger partial charge in [-0.05, 0) is 45.1 Å². The molecule has 6 nitrogen and oxygen atoms in total. The highest BCUT2D eigenvalue weighted by atomic mass is 16.2. The number of carbonyl (C=O) groups is 1. The Bertz CT molecular complexity index is 645. The average Bonchev–Trinajstić information content (AvgIpc) is 3.28. The number of aromatic nitrogens is 3. The maximum Gasteiger partial charge on any atom is 0.255 e. The largest absolute Gasteiger partial charge is 0.334 e. The number of pyridine rings is 1. The van der Waals surface area contributed by atoms with E-state index >= 15 is 0 Å². The Hall–Kier alpha value is -2.21. The molecule has 1 amide bonds. The van der Waals surface area contributed by atoms with Gasteiger partial charge in [-0.3, -0.25) is 4.79 Å². The van der Waals surface area contributed by atoms with Gasteiger partial charge in [0.25, 0.3) is 5.91 Å². The van der Waals surface area contributed by atoms with Gasteiger partial charge in [0.15, 0.2) is 5.82 Å². The molecular weight excluding hydrogens is 302 g/mol. The van der Waals surface area contributed by atoms with Crippen molar-refractivity contribution in [3.05, 3.63) is 42.4 Å². The Morgan fingerprint density at radius 1 is 1.25 bits per heavy atom. The summed E-state index contributed by atoms with van der Waals surface area (Å²) in [6.45, 7) is 1.64. The van der Waals surface area contributed by atoms with Crippen molar-refractivity contribution in [2.24, 2.45) is 0 Å². The van der Waals surface area contributed by atoms with Crippen LogP contribution >= 0.6 is 0 Å². The second-order valence-corrected chi connectivity index (χ2v) is 6.60. The van der Waals surface area contributed by atoms with Crippen molar-refractivity contribution in [2.75, 3.05) is 27.2 Å². The zero-order chi connectivity index (χ0) is 16.9. The first-order valence-electron chi connectivity index (χ1n) is 8.57. The topological polar surface area (TPSA) is 54.3 Å². The molecule has 0 unspecified atom stereocenters.